The monoisotopic (exact) mass is 284 g/mol. The number of hydrogen-bond donors (Lipinski definition) is 4. The van der Waals surface area contributed by atoms with E-state index in [0.717, 1.165) is 0 Å². The predicted molar refractivity (Wildman–Crippen MR) is 60.6 cm³/mol. The van der Waals surface area contributed by atoms with Gasteiger partial charge in [0.2, 0.25) is 0 Å². The Hall–Kier alpha value is -2.38. The first-order valence-corrected chi connectivity index (χ1v) is 5.87. The van der Waals surface area contributed by atoms with Crippen molar-refractivity contribution in [2.24, 2.45) is 35.5 Å². The van der Waals surface area contributed by atoms with E-state index in [1.54, 1.807) is 0 Å². The molecule has 6 atom stereocenters. The summed E-state index contributed by atoms with van der Waals surface area (Å²) < 4.78 is 0. The second-order valence-electron chi connectivity index (χ2n) is 5.00. The van der Waals surface area contributed by atoms with Gasteiger partial charge >= 0.3 is 23.9 Å². The molecule has 0 aromatic carbocycles. The Labute approximate surface area is 112 Å². The lowest BCUT2D eigenvalue weighted by Crippen LogP contribution is -2.57. The smallest absolute Gasteiger partial charge is 0.308 e. The first-order valence-electron chi connectivity index (χ1n) is 5.87. The maximum atomic E-state index is 11.3. The van der Waals surface area contributed by atoms with Gasteiger partial charge in [-0.1, -0.05) is 12.2 Å². The van der Waals surface area contributed by atoms with Gasteiger partial charge in [-0.05, 0) is 0 Å². The summed E-state index contributed by atoms with van der Waals surface area (Å²) in [7, 11) is 0. The molecule has 0 heterocycles. The van der Waals surface area contributed by atoms with Crippen molar-refractivity contribution >= 4 is 23.9 Å². The molecule has 2 unspecified atom stereocenters. The van der Waals surface area contributed by atoms with Crippen LogP contribution in [0.25, 0.3) is 0 Å². The van der Waals surface area contributed by atoms with Crippen LogP contribution in [0.2, 0.25) is 0 Å². The SMILES string of the molecule is O=C(O)[C@@H]1C2C=CC([C@@H](C(=O)O)[C@H]2C(=O)O)[C@@H]1C(=O)O. The standard InChI is InChI=1S/C12H12O8/c13-9(14)5-3-1-2-4(7(5)11(17)18)8(12(19)20)6(3)10(15)16/h1-8H,(H,13,14)(H,15,16)(H,17,18)(H,19,20)/t3?,4?,5-,6+,7+,8-. The van der Waals surface area contributed by atoms with Gasteiger partial charge in [-0.25, -0.2) is 0 Å². The van der Waals surface area contributed by atoms with E-state index in [1.807, 2.05) is 0 Å². The van der Waals surface area contributed by atoms with E-state index in [-0.39, 0.29) is 0 Å². The van der Waals surface area contributed by atoms with Crippen LogP contribution in [0.3, 0.4) is 0 Å². The summed E-state index contributed by atoms with van der Waals surface area (Å²) in [5, 5.41) is 36.7. The van der Waals surface area contributed by atoms with Gasteiger partial charge < -0.3 is 20.4 Å². The summed E-state index contributed by atoms with van der Waals surface area (Å²) in [5.41, 5.74) is 0. The van der Waals surface area contributed by atoms with E-state index >= 15 is 0 Å². The average molecular weight is 284 g/mol. The van der Waals surface area contributed by atoms with Crippen molar-refractivity contribution in [1.29, 1.82) is 0 Å². The molecule has 0 aliphatic heterocycles. The van der Waals surface area contributed by atoms with Gasteiger partial charge in [0.25, 0.3) is 0 Å². The van der Waals surface area contributed by atoms with E-state index in [1.165, 1.54) is 12.2 Å². The van der Waals surface area contributed by atoms with Crippen molar-refractivity contribution in [3.05, 3.63) is 12.2 Å². The largest absolute Gasteiger partial charge is 0.481 e. The number of carbonyl (C=O) groups is 4. The second-order valence-corrected chi connectivity index (χ2v) is 5.00. The third kappa shape index (κ3) is 1.84. The molecule has 8 nitrogen and oxygen atoms in total. The topological polar surface area (TPSA) is 149 Å². The number of carboxylic acids is 4. The van der Waals surface area contributed by atoms with Crippen LogP contribution in [0.1, 0.15) is 0 Å². The fraction of sp³-hybridized carbons (Fsp3) is 0.500. The zero-order valence-corrected chi connectivity index (χ0v) is 10.0. The van der Waals surface area contributed by atoms with Crippen LogP contribution in [0, 0.1) is 35.5 Å². The summed E-state index contributed by atoms with van der Waals surface area (Å²) >= 11 is 0. The fourth-order valence-corrected chi connectivity index (χ4v) is 3.41. The maximum Gasteiger partial charge on any atom is 0.308 e. The van der Waals surface area contributed by atoms with E-state index in [4.69, 9.17) is 20.4 Å². The van der Waals surface area contributed by atoms with Crippen molar-refractivity contribution in [3.63, 3.8) is 0 Å². The van der Waals surface area contributed by atoms with Gasteiger partial charge in [-0.15, -0.1) is 0 Å². The number of hydrogen-bond acceptors (Lipinski definition) is 4. The number of carboxylic acid groups (broad SMARTS) is 4. The van der Waals surface area contributed by atoms with Crippen molar-refractivity contribution < 1.29 is 39.6 Å². The van der Waals surface area contributed by atoms with E-state index < -0.39 is 59.4 Å². The van der Waals surface area contributed by atoms with Gasteiger partial charge in [0.1, 0.15) is 0 Å². The van der Waals surface area contributed by atoms with Crippen LogP contribution in [0.4, 0.5) is 0 Å². The first kappa shape index (κ1) is 14.0. The molecule has 1 saturated carbocycles. The highest BCUT2D eigenvalue weighted by Crippen LogP contribution is 2.51. The van der Waals surface area contributed by atoms with E-state index in [0.29, 0.717) is 0 Å². The van der Waals surface area contributed by atoms with Crippen molar-refractivity contribution in [2.45, 2.75) is 0 Å². The molecule has 3 aliphatic carbocycles. The molecule has 3 rings (SSSR count). The van der Waals surface area contributed by atoms with Gasteiger partial charge in [0.05, 0.1) is 23.7 Å². The lowest BCUT2D eigenvalue weighted by Gasteiger charge is -2.47. The molecule has 2 bridgehead atoms. The lowest BCUT2D eigenvalue weighted by atomic mass is 9.53. The third-order valence-electron chi connectivity index (χ3n) is 4.13. The number of aliphatic carboxylic acids is 4. The number of allylic oxidation sites excluding steroid dienone is 2. The molecule has 20 heavy (non-hydrogen) atoms. The molecule has 0 aromatic heterocycles. The molecular formula is C12H12O8. The van der Waals surface area contributed by atoms with Gasteiger partial charge in [-0.2, -0.15) is 0 Å². The highest BCUT2D eigenvalue weighted by atomic mass is 16.4. The first-order chi connectivity index (χ1) is 9.27. The Bertz CT molecular complexity index is 436. The third-order valence-corrected chi connectivity index (χ3v) is 4.13. The highest BCUT2D eigenvalue weighted by molar-refractivity contribution is 5.88. The van der Waals surface area contributed by atoms with Gasteiger partial charge in [0.15, 0.2) is 0 Å². The molecule has 0 radical (unpaired) electrons. The summed E-state index contributed by atoms with van der Waals surface area (Å²) in [6.07, 6.45) is 2.64. The van der Waals surface area contributed by atoms with Crippen LogP contribution in [-0.2, 0) is 19.2 Å². The Balaban J connectivity index is 2.56. The van der Waals surface area contributed by atoms with Crippen LogP contribution < -0.4 is 0 Å². The normalized spacial score (nSPS) is 38.4. The van der Waals surface area contributed by atoms with Crippen LogP contribution in [0.15, 0.2) is 12.2 Å². The minimum Gasteiger partial charge on any atom is -0.481 e. The Kier molecular flexibility index (Phi) is 3.24. The minimum atomic E-state index is -1.43. The number of rotatable bonds is 4. The van der Waals surface area contributed by atoms with Crippen molar-refractivity contribution in [3.8, 4) is 0 Å². The lowest BCUT2D eigenvalue weighted by molar-refractivity contribution is -0.178. The van der Waals surface area contributed by atoms with E-state index in [2.05, 4.69) is 0 Å². The summed E-state index contributed by atoms with van der Waals surface area (Å²) in [6, 6.07) is 0. The molecule has 0 amide bonds. The van der Waals surface area contributed by atoms with Crippen LogP contribution in [-0.4, -0.2) is 44.3 Å². The van der Waals surface area contributed by atoms with Gasteiger partial charge in [0, 0.05) is 11.8 Å². The maximum absolute atomic E-state index is 11.3. The van der Waals surface area contributed by atoms with Crippen molar-refractivity contribution in [2.75, 3.05) is 0 Å². The Morgan fingerprint density at radius 1 is 0.550 bits per heavy atom. The Morgan fingerprint density at radius 2 is 0.750 bits per heavy atom. The summed E-state index contributed by atoms with van der Waals surface area (Å²) in [5.74, 6) is -13.7. The quantitative estimate of drug-likeness (QED) is 0.509. The van der Waals surface area contributed by atoms with Crippen LogP contribution in [0.5, 0.6) is 0 Å². The van der Waals surface area contributed by atoms with Crippen LogP contribution >= 0.6 is 0 Å². The predicted octanol–water partition coefficient (Wildman–Crippen LogP) is -0.395. The molecule has 0 spiro atoms. The molecule has 8 heteroatoms. The minimum absolute atomic E-state index is 1.14. The molecule has 3 aliphatic rings. The second kappa shape index (κ2) is 4.62. The fourth-order valence-electron chi connectivity index (χ4n) is 3.41. The van der Waals surface area contributed by atoms with Crippen molar-refractivity contribution in [1.82, 2.24) is 0 Å². The molecular weight excluding hydrogens is 272 g/mol. The molecule has 1 fully saturated rings. The Morgan fingerprint density at radius 3 is 0.900 bits per heavy atom. The summed E-state index contributed by atoms with van der Waals surface area (Å²) in [6.45, 7) is 0. The zero-order chi connectivity index (χ0) is 15.2. The highest BCUT2D eigenvalue weighted by Gasteiger charge is 2.61. The molecule has 108 valence electrons. The van der Waals surface area contributed by atoms with Gasteiger partial charge in [-0.3, -0.25) is 19.2 Å². The molecule has 0 saturated heterocycles. The zero-order valence-electron chi connectivity index (χ0n) is 10.0. The molecule has 0 aromatic rings. The average Bonchev–Trinajstić information content (AvgIpc) is 2.36. The summed E-state index contributed by atoms with van der Waals surface area (Å²) in [4.78, 5) is 45.1. The molecule has 4 N–H and O–H groups in total. The number of fused-ring (bicyclic) bond motifs is 2. The van der Waals surface area contributed by atoms with E-state index in [9.17, 15) is 19.2 Å².